The molecule has 1 saturated heterocycles. The van der Waals surface area contributed by atoms with Crippen molar-refractivity contribution in [3.05, 3.63) is 41.7 Å². The number of terminal acetylenes is 1. The summed E-state index contributed by atoms with van der Waals surface area (Å²) in [6.07, 6.45) is 12.6. The van der Waals surface area contributed by atoms with Gasteiger partial charge in [-0.25, -0.2) is 9.59 Å². The lowest BCUT2D eigenvalue weighted by molar-refractivity contribution is -0.134. The van der Waals surface area contributed by atoms with Crippen LogP contribution < -0.4 is 0 Å². The third-order valence-corrected chi connectivity index (χ3v) is 3.20. The van der Waals surface area contributed by atoms with E-state index >= 15 is 0 Å². The van der Waals surface area contributed by atoms with Crippen molar-refractivity contribution in [1.82, 2.24) is 9.88 Å². The van der Waals surface area contributed by atoms with Crippen LogP contribution in [0.5, 0.6) is 0 Å². The summed E-state index contributed by atoms with van der Waals surface area (Å²) in [6.45, 7) is 1.17. The van der Waals surface area contributed by atoms with Gasteiger partial charge < -0.3 is 10.2 Å². The molecule has 1 fully saturated rings. The van der Waals surface area contributed by atoms with Crippen molar-refractivity contribution in [3.63, 3.8) is 0 Å². The molecule has 22 heavy (non-hydrogen) atoms. The summed E-state index contributed by atoms with van der Waals surface area (Å²) in [4.78, 5) is 25.6. The van der Waals surface area contributed by atoms with Gasteiger partial charge in [0.15, 0.2) is 0 Å². The summed E-state index contributed by atoms with van der Waals surface area (Å²) in [5.41, 5.74) is 2.13. The van der Waals surface area contributed by atoms with Gasteiger partial charge in [-0.05, 0) is 38.1 Å². The molecule has 2 heterocycles. The summed E-state index contributed by atoms with van der Waals surface area (Å²) in [5, 5.41) is 15.6. The van der Waals surface area contributed by atoms with Crippen molar-refractivity contribution in [2.24, 2.45) is 0 Å². The molecule has 6 nitrogen and oxygen atoms in total. The molecule has 0 aromatic carbocycles. The van der Waals surface area contributed by atoms with E-state index in [1.165, 1.54) is 24.9 Å². The molecule has 1 aliphatic heterocycles. The third kappa shape index (κ3) is 5.77. The fourth-order valence-corrected chi connectivity index (χ4v) is 2.19. The molecule has 1 aliphatic rings. The first-order valence-electron chi connectivity index (χ1n) is 6.69. The van der Waals surface area contributed by atoms with Crippen LogP contribution in [-0.4, -0.2) is 45.6 Å². The van der Waals surface area contributed by atoms with Gasteiger partial charge in [0, 0.05) is 36.2 Å². The number of aromatic nitrogens is 1. The van der Waals surface area contributed by atoms with Gasteiger partial charge in [0.25, 0.3) is 0 Å². The summed E-state index contributed by atoms with van der Waals surface area (Å²) < 4.78 is 0. The van der Waals surface area contributed by atoms with Gasteiger partial charge in [-0.3, -0.25) is 9.88 Å². The van der Waals surface area contributed by atoms with Crippen molar-refractivity contribution in [2.75, 3.05) is 13.6 Å². The SMILES string of the molecule is C#Cc1cncc([C@H]2CCCN2C)c1.O=C(O)/C=C/C(=O)O. The summed E-state index contributed by atoms with van der Waals surface area (Å²) in [7, 11) is 2.15. The van der Waals surface area contributed by atoms with E-state index in [4.69, 9.17) is 16.6 Å². The van der Waals surface area contributed by atoms with Gasteiger partial charge in [-0.2, -0.15) is 0 Å². The van der Waals surface area contributed by atoms with Crippen LogP contribution in [0.25, 0.3) is 0 Å². The summed E-state index contributed by atoms with van der Waals surface area (Å²) in [5.74, 6) is 0.111. The zero-order valence-corrected chi connectivity index (χ0v) is 12.3. The molecule has 0 radical (unpaired) electrons. The Balaban J connectivity index is 0.000000261. The van der Waals surface area contributed by atoms with Crippen LogP contribution in [0, 0.1) is 12.3 Å². The van der Waals surface area contributed by atoms with Crippen LogP contribution in [0.4, 0.5) is 0 Å². The zero-order valence-electron chi connectivity index (χ0n) is 12.3. The Morgan fingerprint density at radius 3 is 2.45 bits per heavy atom. The molecule has 1 aromatic rings. The lowest BCUT2D eigenvalue weighted by Gasteiger charge is -2.19. The lowest BCUT2D eigenvalue weighted by atomic mass is 10.1. The number of nitrogens with zero attached hydrogens (tertiary/aromatic N) is 2. The average Bonchev–Trinajstić information content (AvgIpc) is 2.92. The highest BCUT2D eigenvalue weighted by molar-refractivity contribution is 5.89. The largest absolute Gasteiger partial charge is 0.478 e. The molecule has 0 spiro atoms. The van der Waals surface area contributed by atoms with Crippen molar-refractivity contribution in [1.29, 1.82) is 0 Å². The first-order chi connectivity index (χ1) is 10.4. The smallest absolute Gasteiger partial charge is 0.328 e. The highest BCUT2D eigenvalue weighted by atomic mass is 16.4. The molecule has 6 heteroatoms. The lowest BCUT2D eigenvalue weighted by Crippen LogP contribution is -2.17. The second kappa shape index (κ2) is 8.60. The number of hydrogen-bond donors (Lipinski definition) is 2. The monoisotopic (exact) mass is 302 g/mol. The molecule has 0 bridgehead atoms. The van der Waals surface area contributed by atoms with E-state index in [1.807, 2.05) is 6.20 Å². The van der Waals surface area contributed by atoms with E-state index in [-0.39, 0.29) is 0 Å². The number of carbonyl (C=O) groups is 2. The topological polar surface area (TPSA) is 90.7 Å². The number of pyridine rings is 1. The molecule has 0 amide bonds. The summed E-state index contributed by atoms with van der Waals surface area (Å²) in [6, 6.07) is 2.58. The quantitative estimate of drug-likeness (QED) is 0.650. The minimum Gasteiger partial charge on any atom is -0.478 e. The van der Waals surface area contributed by atoms with Crippen LogP contribution in [0.2, 0.25) is 0 Å². The molecule has 0 aliphatic carbocycles. The van der Waals surface area contributed by atoms with E-state index in [0.29, 0.717) is 18.2 Å². The van der Waals surface area contributed by atoms with Gasteiger partial charge in [0.2, 0.25) is 0 Å². The van der Waals surface area contributed by atoms with Crippen molar-refractivity contribution in [3.8, 4) is 12.3 Å². The van der Waals surface area contributed by atoms with E-state index in [1.54, 1.807) is 6.20 Å². The molecular weight excluding hydrogens is 284 g/mol. The predicted octanol–water partition coefficient (Wildman–Crippen LogP) is 1.54. The first kappa shape index (κ1) is 17.4. The number of aliphatic carboxylic acids is 2. The van der Waals surface area contributed by atoms with E-state index in [9.17, 15) is 9.59 Å². The maximum atomic E-state index is 9.55. The Labute approximate surface area is 129 Å². The predicted molar refractivity (Wildman–Crippen MR) is 81.2 cm³/mol. The Morgan fingerprint density at radius 1 is 1.36 bits per heavy atom. The van der Waals surface area contributed by atoms with Crippen LogP contribution in [0.1, 0.15) is 30.0 Å². The van der Waals surface area contributed by atoms with Crippen LogP contribution in [-0.2, 0) is 9.59 Å². The van der Waals surface area contributed by atoms with Crippen molar-refractivity contribution in [2.45, 2.75) is 18.9 Å². The Morgan fingerprint density at radius 2 is 2.00 bits per heavy atom. The van der Waals surface area contributed by atoms with Crippen LogP contribution >= 0.6 is 0 Å². The fraction of sp³-hybridized carbons (Fsp3) is 0.312. The Hall–Kier alpha value is -2.65. The normalized spacial score (nSPS) is 17.5. The van der Waals surface area contributed by atoms with E-state index in [2.05, 4.69) is 28.9 Å². The van der Waals surface area contributed by atoms with Crippen molar-refractivity contribution < 1.29 is 19.8 Å². The van der Waals surface area contributed by atoms with E-state index < -0.39 is 11.9 Å². The molecule has 0 unspecified atom stereocenters. The van der Waals surface area contributed by atoms with Gasteiger partial charge in [-0.15, -0.1) is 6.42 Å². The van der Waals surface area contributed by atoms with E-state index in [0.717, 1.165) is 5.56 Å². The maximum Gasteiger partial charge on any atom is 0.328 e. The molecule has 1 atom stereocenters. The number of likely N-dealkylation sites (tertiary alicyclic amines) is 1. The third-order valence-electron chi connectivity index (χ3n) is 3.20. The number of hydrogen-bond acceptors (Lipinski definition) is 4. The number of carboxylic acid groups (broad SMARTS) is 2. The molecule has 116 valence electrons. The fourth-order valence-electron chi connectivity index (χ4n) is 2.19. The Bertz CT molecular complexity index is 588. The highest BCUT2D eigenvalue weighted by Crippen LogP contribution is 2.29. The number of carboxylic acids is 2. The minimum absolute atomic E-state index is 0.510. The molecule has 1 aromatic heterocycles. The van der Waals surface area contributed by atoms with Crippen LogP contribution in [0.3, 0.4) is 0 Å². The average molecular weight is 302 g/mol. The van der Waals surface area contributed by atoms with Gasteiger partial charge in [0.1, 0.15) is 0 Å². The second-order valence-electron chi connectivity index (χ2n) is 4.80. The highest BCUT2D eigenvalue weighted by Gasteiger charge is 2.22. The molecular formula is C16H18N2O4. The van der Waals surface area contributed by atoms with Gasteiger partial charge in [-0.1, -0.05) is 5.92 Å². The maximum absolute atomic E-state index is 9.55. The van der Waals surface area contributed by atoms with Crippen molar-refractivity contribution >= 4 is 11.9 Å². The summed E-state index contributed by atoms with van der Waals surface area (Å²) >= 11 is 0. The first-order valence-corrected chi connectivity index (χ1v) is 6.69. The second-order valence-corrected chi connectivity index (χ2v) is 4.80. The standard InChI is InChI=1S/C12H14N2.C4H4O4/c1-3-10-7-11(9-13-8-10)12-5-4-6-14(12)2;5-3(6)1-2-4(7)8/h1,7-9,12H,4-6H2,2H3;1-2H,(H,5,6)(H,7,8)/b;2-1+/t12-;/m1./s1. The van der Waals surface area contributed by atoms with Gasteiger partial charge >= 0.3 is 11.9 Å². The molecule has 0 saturated carbocycles. The Kier molecular flexibility index (Phi) is 6.80. The van der Waals surface area contributed by atoms with Gasteiger partial charge in [0.05, 0.1) is 0 Å². The molecule has 2 rings (SSSR count). The zero-order chi connectivity index (χ0) is 16.5. The number of rotatable bonds is 3. The minimum atomic E-state index is -1.26. The van der Waals surface area contributed by atoms with Crippen LogP contribution in [0.15, 0.2) is 30.6 Å². The molecule has 2 N–H and O–H groups in total.